The molecule has 132 valence electrons. The Labute approximate surface area is 158 Å². The van der Waals surface area contributed by atoms with Crippen LogP contribution in [0.15, 0.2) is 48.8 Å². The molecule has 5 nitrogen and oxygen atoms in total. The highest BCUT2D eigenvalue weighted by molar-refractivity contribution is 7.80. The number of carbonyl (C=O) groups excluding carboxylic acids is 1. The third-order valence-corrected chi connectivity index (χ3v) is 3.98. The Hall–Kier alpha value is -2.18. The lowest BCUT2D eigenvalue weighted by molar-refractivity contribution is 0.0937. The first-order valence-corrected chi connectivity index (χ1v) is 8.63. The quantitative estimate of drug-likeness (QED) is 0.673. The van der Waals surface area contributed by atoms with Crippen LogP contribution in [0.2, 0.25) is 5.02 Å². The maximum Gasteiger partial charge on any atom is 0.251 e. The Kier molecular flexibility index (Phi) is 6.73. The fourth-order valence-electron chi connectivity index (χ4n) is 2.02. The van der Waals surface area contributed by atoms with Crippen LogP contribution in [-0.4, -0.2) is 29.1 Å². The molecule has 2 rings (SSSR count). The first kappa shape index (κ1) is 19.1. The second-order valence-corrected chi connectivity index (χ2v) is 7.25. The fraction of sp³-hybridized carbons (Fsp3) is 0.278. The van der Waals surface area contributed by atoms with Gasteiger partial charge >= 0.3 is 0 Å². The van der Waals surface area contributed by atoms with Crippen LogP contribution in [0, 0.1) is 5.41 Å². The first-order chi connectivity index (χ1) is 11.9. The van der Waals surface area contributed by atoms with E-state index in [-0.39, 0.29) is 11.3 Å². The van der Waals surface area contributed by atoms with Gasteiger partial charge in [0.2, 0.25) is 0 Å². The predicted molar refractivity (Wildman–Crippen MR) is 106 cm³/mol. The molecular weight excluding hydrogens is 356 g/mol. The van der Waals surface area contributed by atoms with Crippen molar-refractivity contribution in [3.63, 3.8) is 0 Å². The lowest BCUT2D eigenvalue weighted by atomic mass is 9.93. The third-order valence-electron chi connectivity index (χ3n) is 3.48. The minimum atomic E-state index is -0.178. The van der Waals surface area contributed by atoms with Crippen LogP contribution in [0.4, 0.5) is 5.69 Å². The van der Waals surface area contributed by atoms with Crippen LogP contribution in [-0.2, 0) is 0 Å². The number of hydrogen-bond donors (Lipinski definition) is 3. The molecule has 0 saturated heterocycles. The monoisotopic (exact) mass is 376 g/mol. The highest BCUT2D eigenvalue weighted by atomic mass is 35.5. The van der Waals surface area contributed by atoms with Crippen molar-refractivity contribution in [2.75, 3.05) is 18.4 Å². The van der Waals surface area contributed by atoms with Gasteiger partial charge in [0.25, 0.3) is 5.91 Å². The zero-order valence-corrected chi connectivity index (χ0v) is 15.7. The van der Waals surface area contributed by atoms with Crippen LogP contribution in [0.3, 0.4) is 0 Å². The third kappa shape index (κ3) is 6.68. The number of thiocarbonyl (C=S) groups is 1. The summed E-state index contributed by atoms with van der Waals surface area (Å²) in [5.41, 5.74) is 1.23. The minimum Gasteiger partial charge on any atom is -0.362 e. The standard InChI is InChI=1S/C18H21ClN4OS/c1-18(2,11-21-16(24)13-5-7-14(19)8-6-13)12-22-17(25)23-15-4-3-9-20-10-15/h3-10H,11-12H2,1-2H3,(H,21,24)(H2,22,23,25). The van der Waals surface area contributed by atoms with Gasteiger partial charge < -0.3 is 16.0 Å². The Morgan fingerprint density at radius 3 is 2.48 bits per heavy atom. The van der Waals surface area contributed by atoms with Crippen molar-refractivity contribution in [2.45, 2.75) is 13.8 Å². The van der Waals surface area contributed by atoms with Gasteiger partial charge in [-0.05, 0) is 54.0 Å². The Bertz CT molecular complexity index is 720. The Morgan fingerprint density at radius 1 is 1.16 bits per heavy atom. The van der Waals surface area contributed by atoms with Crippen LogP contribution < -0.4 is 16.0 Å². The molecule has 3 N–H and O–H groups in total. The number of nitrogens with one attached hydrogen (secondary N) is 3. The van der Waals surface area contributed by atoms with E-state index < -0.39 is 0 Å². The summed E-state index contributed by atoms with van der Waals surface area (Å²) in [5.74, 6) is -0.124. The van der Waals surface area contributed by atoms with E-state index in [4.69, 9.17) is 23.8 Å². The number of amides is 1. The summed E-state index contributed by atoms with van der Waals surface area (Å²) in [4.78, 5) is 16.2. The summed E-state index contributed by atoms with van der Waals surface area (Å²) in [5, 5.41) is 10.3. The zero-order chi connectivity index (χ0) is 18.3. The lowest BCUT2D eigenvalue weighted by Gasteiger charge is -2.26. The van der Waals surface area contributed by atoms with E-state index >= 15 is 0 Å². The van der Waals surface area contributed by atoms with E-state index in [2.05, 4.69) is 34.8 Å². The van der Waals surface area contributed by atoms with E-state index in [0.717, 1.165) is 5.69 Å². The van der Waals surface area contributed by atoms with Gasteiger partial charge in [-0.25, -0.2) is 0 Å². The molecule has 1 heterocycles. The average molecular weight is 377 g/mol. The molecule has 1 aromatic carbocycles. The van der Waals surface area contributed by atoms with Crippen LogP contribution in [0.1, 0.15) is 24.2 Å². The van der Waals surface area contributed by atoms with Gasteiger partial charge in [-0.2, -0.15) is 0 Å². The van der Waals surface area contributed by atoms with Gasteiger partial charge in [0, 0.05) is 29.9 Å². The van der Waals surface area contributed by atoms with Crippen molar-refractivity contribution in [1.82, 2.24) is 15.6 Å². The first-order valence-electron chi connectivity index (χ1n) is 7.84. The molecule has 7 heteroatoms. The summed E-state index contributed by atoms with van der Waals surface area (Å²) >= 11 is 11.1. The Balaban J connectivity index is 1.78. The molecule has 25 heavy (non-hydrogen) atoms. The van der Waals surface area contributed by atoms with E-state index in [0.29, 0.717) is 28.8 Å². The van der Waals surface area contributed by atoms with Crippen LogP contribution in [0.5, 0.6) is 0 Å². The predicted octanol–water partition coefficient (Wildman–Crippen LogP) is 3.48. The maximum atomic E-state index is 12.2. The van der Waals surface area contributed by atoms with Gasteiger partial charge in [0.15, 0.2) is 5.11 Å². The van der Waals surface area contributed by atoms with Crippen molar-refractivity contribution < 1.29 is 4.79 Å². The van der Waals surface area contributed by atoms with E-state index in [9.17, 15) is 4.79 Å². The van der Waals surface area contributed by atoms with E-state index in [1.807, 2.05) is 12.1 Å². The van der Waals surface area contributed by atoms with E-state index in [1.165, 1.54) is 0 Å². The SMILES string of the molecule is CC(C)(CNC(=O)c1ccc(Cl)cc1)CNC(=S)Nc1cccnc1. The molecule has 0 aliphatic heterocycles. The number of pyridine rings is 1. The largest absolute Gasteiger partial charge is 0.362 e. The van der Waals surface area contributed by atoms with Crippen molar-refractivity contribution in [3.8, 4) is 0 Å². The van der Waals surface area contributed by atoms with Gasteiger partial charge in [-0.1, -0.05) is 25.4 Å². The van der Waals surface area contributed by atoms with Crippen molar-refractivity contribution >= 4 is 40.5 Å². The molecule has 1 amide bonds. The molecule has 0 fully saturated rings. The molecule has 0 aliphatic rings. The van der Waals surface area contributed by atoms with Gasteiger partial charge in [-0.3, -0.25) is 9.78 Å². The second kappa shape index (κ2) is 8.78. The van der Waals surface area contributed by atoms with Gasteiger partial charge in [-0.15, -0.1) is 0 Å². The summed E-state index contributed by atoms with van der Waals surface area (Å²) < 4.78 is 0. The normalized spacial score (nSPS) is 10.8. The summed E-state index contributed by atoms with van der Waals surface area (Å²) in [6, 6.07) is 10.5. The highest BCUT2D eigenvalue weighted by Gasteiger charge is 2.19. The van der Waals surface area contributed by atoms with Crippen molar-refractivity contribution in [1.29, 1.82) is 0 Å². The fourth-order valence-corrected chi connectivity index (χ4v) is 2.33. The number of rotatable bonds is 6. The Morgan fingerprint density at radius 2 is 1.84 bits per heavy atom. The molecule has 0 bridgehead atoms. The lowest BCUT2D eigenvalue weighted by Crippen LogP contribution is -2.43. The second-order valence-electron chi connectivity index (χ2n) is 6.40. The molecule has 0 atom stereocenters. The molecular formula is C18H21ClN4OS. The summed E-state index contributed by atoms with van der Waals surface area (Å²) in [6.07, 6.45) is 3.40. The van der Waals surface area contributed by atoms with E-state index in [1.54, 1.807) is 36.7 Å². The number of aromatic nitrogens is 1. The minimum absolute atomic E-state index is 0.124. The number of halogens is 1. The molecule has 2 aromatic rings. The molecule has 0 saturated carbocycles. The molecule has 1 aromatic heterocycles. The maximum absolute atomic E-state index is 12.2. The molecule has 0 unspecified atom stereocenters. The number of anilines is 1. The smallest absolute Gasteiger partial charge is 0.251 e. The van der Waals surface area contributed by atoms with Crippen molar-refractivity contribution in [2.24, 2.45) is 5.41 Å². The van der Waals surface area contributed by atoms with Crippen LogP contribution in [0.25, 0.3) is 0 Å². The topological polar surface area (TPSA) is 66.1 Å². The average Bonchev–Trinajstić information content (AvgIpc) is 2.60. The number of carbonyl (C=O) groups is 1. The van der Waals surface area contributed by atoms with Gasteiger partial charge in [0.05, 0.1) is 11.9 Å². The van der Waals surface area contributed by atoms with Crippen LogP contribution >= 0.6 is 23.8 Å². The molecule has 0 aliphatic carbocycles. The zero-order valence-electron chi connectivity index (χ0n) is 14.2. The molecule has 0 spiro atoms. The van der Waals surface area contributed by atoms with Crippen molar-refractivity contribution in [3.05, 3.63) is 59.4 Å². The number of nitrogens with zero attached hydrogens (tertiary/aromatic N) is 1. The summed E-state index contributed by atoms with van der Waals surface area (Å²) in [6.45, 7) is 5.22. The number of benzene rings is 1. The summed E-state index contributed by atoms with van der Waals surface area (Å²) in [7, 11) is 0. The van der Waals surface area contributed by atoms with Gasteiger partial charge in [0.1, 0.15) is 0 Å². The highest BCUT2D eigenvalue weighted by Crippen LogP contribution is 2.14. The molecule has 0 radical (unpaired) electrons. The number of hydrogen-bond acceptors (Lipinski definition) is 3.